The highest BCUT2D eigenvalue weighted by atomic mass is 35.5. The van der Waals surface area contributed by atoms with E-state index in [1.807, 2.05) is 18.2 Å². The molecule has 2 rings (SSSR count). The van der Waals surface area contributed by atoms with E-state index >= 15 is 0 Å². The van der Waals surface area contributed by atoms with Crippen LogP contribution in [0.15, 0.2) is 34.9 Å². The molecule has 0 aliphatic carbocycles. The maximum absolute atomic E-state index is 5.99. The van der Waals surface area contributed by atoms with Gasteiger partial charge in [0.25, 0.3) is 0 Å². The van der Waals surface area contributed by atoms with Gasteiger partial charge in [-0.2, -0.15) is 0 Å². The second-order valence-corrected chi connectivity index (χ2v) is 4.38. The van der Waals surface area contributed by atoms with Crippen LogP contribution >= 0.6 is 11.6 Å². The van der Waals surface area contributed by atoms with E-state index < -0.39 is 0 Å². The van der Waals surface area contributed by atoms with Gasteiger partial charge in [0.2, 0.25) is 0 Å². The summed E-state index contributed by atoms with van der Waals surface area (Å²) in [6.07, 6.45) is 1.56. The van der Waals surface area contributed by atoms with Crippen LogP contribution in [0.3, 0.4) is 0 Å². The van der Waals surface area contributed by atoms with Crippen molar-refractivity contribution in [3.05, 3.63) is 58.0 Å². The van der Waals surface area contributed by atoms with E-state index in [1.165, 1.54) is 11.1 Å². The molecule has 1 aromatic carbocycles. The lowest BCUT2D eigenvalue weighted by molar-refractivity contribution is 0.555. The molecule has 1 heterocycles. The van der Waals surface area contributed by atoms with Crippen molar-refractivity contribution in [1.82, 2.24) is 5.43 Å². The molecule has 1 aromatic heterocycles. The Bertz CT molecular complexity index is 522. The zero-order chi connectivity index (χ0) is 12.4. The van der Waals surface area contributed by atoms with Crippen molar-refractivity contribution in [2.45, 2.75) is 19.9 Å². The van der Waals surface area contributed by atoms with E-state index in [-0.39, 0.29) is 6.04 Å². The van der Waals surface area contributed by atoms with E-state index in [9.17, 15) is 0 Å². The number of hydrogen-bond acceptors (Lipinski definition) is 3. The van der Waals surface area contributed by atoms with Crippen LogP contribution in [-0.4, -0.2) is 0 Å². The molecule has 4 heteroatoms. The zero-order valence-electron chi connectivity index (χ0n) is 9.83. The third-order valence-electron chi connectivity index (χ3n) is 3.08. The lowest BCUT2D eigenvalue weighted by Crippen LogP contribution is -2.29. The highest BCUT2D eigenvalue weighted by Gasteiger charge is 2.19. The van der Waals surface area contributed by atoms with E-state index in [0.717, 1.165) is 11.1 Å². The van der Waals surface area contributed by atoms with Gasteiger partial charge in [0.15, 0.2) is 5.22 Å². The van der Waals surface area contributed by atoms with Crippen molar-refractivity contribution < 1.29 is 4.42 Å². The highest BCUT2D eigenvalue weighted by molar-refractivity contribution is 6.29. The first-order chi connectivity index (χ1) is 8.15. The smallest absolute Gasteiger partial charge is 0.198 e. The Labute approximate surface area is 106 Å². The van der Waals surface area contributed by atoms with Gasteiger partial charge in [0.1, 0.15) is 0 Å². The molecule has 1 atom stereocenters. The molecular weight excluding hydrogens is 236 g/mol. The first kappa shape index (κ1) is 12.2. The van der Waals surface area contributed by atoms with Gasteiger partial charge in [-0.3, -0.25) is 5.84 Å². The average molecular weight is 251 g/mol. The van der Waals surface area contributed by atoms with Crippen LogP contribution in [0.5, 0.6) is 0 Å². The van der Waals surface area contributed by atoms with Crippen LogP contribution < -0.4 is 11.3 Å². The lowest BCUT2D eigenvalue weighted by Gasteiger charge is -2.18. The molecular formula is C13H15ClN2O. The second-order valence-electron chi connectivity index (χ2n) is 4.04. The van der Waals surface area contributed by atoms with Crippen LogP contribution in [0, 0.1) is 13.8 Å². The maximum atomic E-state index is 5.99. The molecule has 0 bridgehead atoms. The summed E-state index contributed by atoms with van der Waals surface area (Å²) in [6.45, 7) is 4.15. The normalized spacial score (nSPS) is 12.7. The molecule has 0 amide bonds. The molecule has 17 heavy (non-hydrogen) atoms. The third kappa shape index (κ3) is 2.22. The summed E-state index contributed by atoms with van der Waals surface area (Å²) >= 11 is 5.99. The van der Waals surface area contributed by atoms with Crippen molar-refractivity contribution in [3.8, 4) is 0 Å². The molecule has 1 unspecified atom stereocenters. The number of hydrogen-bond donors (Lipinski definition) is 2. The number of benzene rings is 1. The number of nitrogens with two attached hydrogens (primary N) is 1. The fourth-order valence-corrected chi connectivity index (χ4v) is 2.17. The number of halogens is 1. The molecule has 3 N–H and O–H groups in total. The minimum absolute atomic E-state index is 0.152. The first-order valence-corrected chi connectivity index (χ1v) is 5.78. The average Bonchev–Trinajstić information content (AvgIpc) is 2.72. The quantitative estimate of drug-likeness (QED) is 0.650. The molecule has 0 fully saturated rings. The number of aryl methyl sites for hydroxylation is 1. The van der Waals surface area contributed by atoms with Crippen LogP contribution in [0.4, 0.5) is 0 Å². The van der Waals surface area contributed by atoms with Gasteiger partial charge in [-0.25, -0.2) is 5.43 Å². The summed E-state index contributed by atoms with van der Waals surface area (Å²) in [6, 6.07) is 7.80. The molecule has 0 saturated carbocycles. The van der Waals surface area contributed by atoms with Crippen molar-refractivity contribution in [2.75, 3.05) is 0 Å². The van der Waals surface area contributed by atoms with E-state index in [0.29, 0.717) is 5.22 Å². The molecule has 0 saturated heterocycles. The van der Waals surface area contributed by atoms with Crippen LogP contribution in [0.25, 0.3) is 0 Å². The Morgan fingerprint density at radius 3 is 2.59 bits per heavy atom. The Hall–Kier alpha value is -1.29. The summed E-state index contributed by atoms with van der Waals surface area (Å²) in [7, 11) is 0. The minimum atomic E-state index is -0.152. The molecule has 90 valence electrons. The van der Waals surface area contributed by atoms with Gasteiger partial charge in [-0.05, 0) is 48.2 Å². The predicted molar refractivity (Wildman–Crippen MR) is 68.8 cm³/mol. The topological polar surface area (TPSA) is 51.2 Å². The number of furan rings is 1. The monoisotopic (exact) mass is 250 g/mol. The maximum Gasteiger partial charge on any atom is 0.198 e. The summed E-state index contributed by atoms with van der Waals surface area (Å²) in [5, 5.41) is 0.369. The van der Waals surface area contributed by atoms with Gasteiger partial charge in [-0.1, -0.05) is 18.2 Å². The lowest BCUT2D eigenvalue weighted by atomic mass is 9.94. The SMILES string of the molecule is Cc1cccc(C(NN)c2ccoc2Cl)c1C. The highest BCUT2D eigenvalue weighted by Crippen LogP contribution is 2.31. The van der Waals surface area contributed by atoms with Crippen LogP contribution in [0.1, 0.15) is 28.3 Å². The van der Waals surface area contributed by atoms with Crippen LogP contribution in [0.2, 0.25) is 5.22 Å². The van der Waals surface area contributed by atoms with E-state index in [4.69, 9.17) is 21.9 Å². The number of rotatable bonds is 3. The Morgan fingerprint density at radius 2 is 2.00 bits per heavy atom. The van der Waals surface area contributed by atoms with Gasteiger partial charge < -0.3 is 4.42 Å². The van der Waals surface area contributed by atoms with Gasteiger partial charge in [0, 0.05) is 5.56 Å². The van der Waals surface area contributed by atoms with Gasteiger partial charge >= 0.3 is 0 Å². The van der Waals surface area contributed by atoms with E-state index in [1.54, 1.807) is 6.26 Å². The first-order valence-electron chi connectivity index (χ1n) is 5.40. The number of hydrazine groups is 1. The summed E-state index contributed by atoms with van der Waals surface area (Å²) in [5.74, 6) is 5.63. The fraction of sp³-hybridized carbons (Fsp3) is 0.231. The summed E-state index contributed by atoms with van der Waals surface area (Å²) in [5.41, 5.74) is 7.17. The third-order valence-corrected chi connectivity index (χ3v) is 3.39. The van der Waals surface area contributed by atoms with E-state index in [2.05, 4.69) is 25.3 Å². The van der Waals surface area contributed by atoms with Crippen molar-refractivity contribution in [1.29, 1.82) is 0 Å². The molecule has 3 nitrogen and oxygen atoms in total. The Balaban J connectivity index is 2.50. The van der Waals surface area contributed by atoms with Gasteiger partial charge in [-0.15, -0.1) is 0 Å². The van der Waals surface area contributed by atoms with Crippen molar-refractivity contribution in [2.24, 2.45) is 5.84 Å². The van der Waals surface area contributed by atoms with Crippen LogP contribution in [-0.2, 0) is 0 Å². The Morgan fingerprint density at radius 1 is 1.24 bits per heavy atom. The van der Waals surface area contributed by atoms with Gasteiger partial charge in [0.05, 0.1) is 12.3 Å². The number of nitrogens with one attached hydrogen (secondary N) is 1. The molecule has 0 aliphatic heterocycles. The zero-order valence-corrected chi connectivity index (χ0v) is 10.6. The Kier molecular flexibility index (Phi) is 3.52. The predicted octanol–water partition coefficient (Wildman–Crippen LogP) is 3.10. The van der Waals surface area contributed by atoms with Crippen molar-refractivity contribution in [3.63, 3.8) is 0 Å². The second kappa shape index (κ2) is 4.92. The summed E-state index contributed by atoms with van der Waals surface area (Å²) < 4.78 is 5.11. The standard InChI is InChI=1S/C13H15ClN2O/c1-8-4-3-5-10(9(8)2)12(16-15)11-6-7-17-13(11)14/h3-7,12,16H,15H2,1-2H3. The summed E-state index contributed by atoms with van der Waals surface area (Å²) in [4.78, 5) is 0. The van der Waals surface area contributed by atoms with Crippen molar-refractivity contribution >= 4 is 11.6 Å². The molecule has 0 spiro atoms. The molecule has 0 aliphatic rings. The minimum Gasteiger partial charge on any atom is -0.453 e. The largest absolute Gasteiger partial charge is 0.453 e. The molecule has 0 radical (unpaired) electrons. The molecule has 2 aromatic rings. The fourth-order valence-electron chi connectivity index (χ4n) is 1.94.